The van der Waals surface area contributed by atoms with Crippen LogP contribution in [0.25, 0.3) is 0 Å². The van der Waals surface area contributed by atoms with Crippen molar-refractivity contribution in [1.29, 1.82) is 0 Å². The maximum Gasteiger partial charge on any atom is 0.421 e. The van der Waals surface area contributed by atoms with Crippen molar-refractivity contribution in [1.82, 2.24) is 5.43 Å². The first-order chi connectivity index (χ1) is 11.5. The van der Waals surface area contributed by atoms with Gasteiger partial charge in [-0.05, 0) is 18.9 Å². The zero-order valence-electron chi connectivity index (χ0n) is 15.0. The molecule has 0 bridgehead atoms. The summed E-state index contributed by atoms with van der Waals surface area (Å²) >= 11 is 0. The molecule has 0 unspecified atom stereocenters. The normalized spacial score (nSPS) is 28.5. The molecule has 1 fully saturated rings. The Hall–Kier alpha value is -1.63. The van der Waals surface area contributed by atoms with Crippen molar-refractivity contribution < 1.29 is 19.0 Å². The zero-order valence-corrected chi connectivity index (χ0v) is 15.0. The SMILES string of the molecule is CCC/C=C/C=C/C=C(\C)[C@@H]1OC[C@H](C)[C@H](OC)[C@H]1OC(=O)NN. The minimum atomic E-state index is -0.699. The van der Waals surface area contributed by atoms with Crippen LogP contribution in [0.2, 0.25) is 0 Å². The lowest BCUT2D eigenvalue weighted by atomic mass is 9.90. The Morgan fingerprint density at radius 3 is 2.71 bits per heavy atom. The van der Waals surface area contributed by atoms with Crippen LogP contribution in [0.3, 0.4) is 0 Å². The van der Waals surface area contributed by atoms with Crippen molar-refractivity contribution in [3.63, 3.8) is 0 Å². The topological polar surface area (TPSA) is 82.8 Å². The number of carbonyl (C=O) groups is 1. The Morgan fingerprint density at radius 1 is 1.33 bits per heavy atom. The number of rotatable bonds is 7. The van der Waals surface area contributed by atoms with Gasteiger partial charge in [0, 0.05) is 13.0 Å². The van der Waals surface area contributed by atoms with E-state index >= 15 is 0 Å². The van der Waals surface area contributed by atoms with E-state index in [2.05, 4.69) is 13.0 Å². The molecule has 0 aromatic carbocycles. The zero-order chi connectivity index (χ0) is 17.9. The molecular formula is C18H30N2O4. The van der Waals surface area contributed by atoms with Gasteiger partial charge < -0.3 is 14.2 Å². The van der Waals surface area contributed by atoms with Crippen LogP contribution in [-0.4, -0.2) is 38.1 Å². The molecule has 4 atom stereocenters. The van der Waals surface area contributed by atoms with Crippen LogP contribution in [-0.2, 0) is 14.2 Å². The summed E-state index contributed by atoms with van der Waals surface area (Å²) in [5.74, 6) is 5.24. The van der Waals surface area contributed by atoms with Crippen LogP contribution >= 0.6 is 0 Å². The summed E-state index contributed by atoms with van der Waals surface area (Å²) in [5, 5.41) is 0. The summed E-state index contributed by atoms with van der Waals surface area (Å²) in [6.45, 7) is 6.63. The fourth-order valence-corrected chi connectivity index (χ4v) is 2.69. The second-order valence-corrected chi connectivity index (χ2v) is 5.96. The van der Waals surface area contributed by atoms with Gasteiger partial charge in [-0.2, -0.15) is 0 Å². The van der Waals surface area contributed by atoms with E-state index in [9.17, 15) is 4.79 Å². The van der Waals surface area contributed by atoms with Crippen molar-refractivity contribution in [3.8, 4) is 0 Å². The van der Waals surface area contributed by atoms with Gasteiger partial charge in [-0.1, -0.05) is 50.6 Å². The van der Waals surface area contributed by atoms with E-state index in [-0.39, 0.29) is 18.1 Å². The fraction of sp³-hybridized carbons (Fsp3) is 0.611. The molecule has 6 heteroatoms. The molecule has 0 radical (unpaired) electrons. The van der Waals surface area contributed by atoms with E-state index < -0.39 is 12.2 Å². The molecule has 1 heterocycles. The van der Waals surface area contributed by atoms with Crippen molar-refractivity contribution in [2.75, 3.05) is 13.7 Å². The minimum Gasteiger partial charge on any atom is -0.439 e. The van der Waals surface area contributed by atoms with Gasteiger partial charge in [0.15, 0.2) is 6.10 Å². The number of hydrogen-bond acceptors (Lipinski definition) is 5. The molecule has 0 saturated carbocycles. The number of amides is 1. The number of methoxy groups -OCH3 is 1. The maximum atomic E-state index is 11.6. The summed E-state index contributed by atoms with van der Waals surface area (Å²) in [6, 6.07) is 0. The molecule has 1 amide bonds. The quantitative estimate of drug-likeness (QED) is 0.323. The number of nitrogens with two attached hydrogens (primary N) is 1. The summed E-state index contributed by atoms with van der Waals surface area (Å²) in [7, 11) is 1.61. The lowest BCUT2D eigenvalue weighted by Gasteiger charge is -2.40. The van der Waals surface area contributed by atoms with E-state index in [1.165, 1.54) is 0 Å². The molecule has 1 aliphatic heterocycles. The highest BCUT2D eigenvalue weighted by Gasteiger charge is 2.42. The third-order valence-electron chi connectivity index (χ3n) is 3.98. The largest absolute Gasteiger partial charge is 0.439 e. The van der Waals surface area contributed by atoms with E-state index in [4.69, 9.17) is 20.1 Å². The number of unbranched alkanes of at least 4 members (excludes halogenated alkanes) is 1. The predicted octanol–water partition coefficient (Wildman–Crippen LogP) is 2.86. The summed E-state index contributed by atoms with van der Waals surface area (Å²) in [6.07, 6.45) is 10.3. The Bertz CT molecular complexity index is 474. The minimum absolute atomic E-state index is 0.113. The van der Waals surface area contributed by atoms with Crippen molar-refractivity contribution in [2.24, 2.45) is 11.8 Å². The van der Waals surface area contributed by atoms with Crippen LogP contribution in [0.5, 0.6) is 0 Å². The number of hydrogen-bond donors (Lipinski definition) is 2. The van der Waals surface area contributed by atoms with Gasteiger partial charge in [0.1, 0.15) is 12.2 Å². The Labute approximate surface area is 144 Å². The standard InChI is InChI=1S/C18H30N2O4/c1-5-6-7-8-9-10-11-13(2)16-17(24-18(21)20-19)15(22-4)14(3)12-23-16/h7-11,14-17H,5-6,12,19H2,1-4H3,(H,20,21)/b8-7+,10-9+,13-11+/t14-,15-,16-,17+/m0/s1. The molecule has 6 nitrogen and oxygen atoms in total. The monoisotopic (exact) mass is 338 g/mol. The van der Waals surface area contributed by atoms with Gasteiger partial charge in [0.05, 0.1) is 6.61 Å². The molecule has 0 aromatic rings. The third kappa shape index (κ3) is 6.11. The van der Waals surface area contributed by atoms with E-state index in [0.29, 0.717) is 6.61 Å². The molecule has 1 aliphatic rings. The lowest BCUT2D eigenvalue weighted by Crippen LogP contribution is -2.54. The first-order valence-corrected chi connectivity index (χ1v) is 8.36. The highest BCUT2D eigenvalue weighted by atomic mass is 16.6. The number of carbonyl (C=O) groups excluding carboxylic acids is 1. The first-order valence-electron chi connectivity index (χ1n) is 8.36. The highest BCUT2D eigenvalue weighted by molar-refractivity contribution is 5.66. The fourth-order valence-electron chi connectivity index (χ4n) is 2.69. The van der Waals surface area contributed by atoms with Crippen LogP contribution < -0.4 is 11.3 Å². The van der Waals surface area contributed by atoms with Crippen molar-refractivity contribution in [2.45, 2.75) is 51.9 Å². The second-order valence-electron chi connectivity index (χ2n) is 5.96. The lowest BCUT2D eigenvalue weighted by molar-refractivity contribution is -0.159. The first kappa shape index (κ1) is 20.4. The molecule has 1 saturated heterocycles. The number of allylic oxidation sites excluding steroid dienone is 5. The summed E-state index contributed by atoms with van der Waals surface area (Å²) in [5.41, 5.74) is 2.95. The highest BCUT2D eigenvalue weighted by Crippen LogP contribution is 2.29. The molecule has 136 valence electrons. The summed E-state index contributed by atoms with van der Waals surface area (Å²) < 4.78 is 16.8. The van der Waals surface area contributed by atoms with Gasteiger partial charge in [0.25, 0.3) is 0 Å². The van der Waals surface area contributed by atoms with Crippen LogP contribution in [0, 0.1) is 5.92 Å². The molecule has 3 N–H and O–H groups in total. The second kappa shape index (κ2) is 11.0. The predicted molar refractivity (Wildman–Crippen MR) is 94.2 cm³/mol. The molecule has 0 aliphatic carbocycles. The Morgan fingerprint density at radius 2 is 2.08 bits per heavy atom. The van der Waals surface area contributed by atoms with E-state index in [0.717, 1.165) is 18.4 Å². The Kier molecular flexibility index (Phi) is 9.37. The van der Waals surface area contributed by atoms with Gasteiger partial charge in [-0.15, -0.1) is 0 Å². The van der Waals surface area contributed by atoms with Crippen LogP contribution in [0.15, 0.2) is 36.0 Å². The van der Waals surface area contributed by atoms with Gasteiger partial charge in [0.2, 0.25) is 0 Å². The average molecular weight is 338 g/mol. The molecule has 0 aromatic heterocycles. The maximum absolute atomic E-state index is 11.6. The van der Waals surface area contributed by atoms with Gasteiger partial charge >= 0.3 is 6.09 Å². The number of nitrogens with one attached hydrogen (secondary N) is 1. The molecule has 1 rings (SSSR count). The van der Waals surface area contributed by atoms with Gasteiger partial charge in [-0.3, -0.25) is 5.43 Å². The Balaban J connectivity index is 2.85. The van der Waals surface area contributed by atoms with E-state index in [1.54, 1.807) is 7.11 Å². The molecule has 24 heavy (non-hydrogen) atoms. The smallest absolute Gasteiger partial charge is 0.421 e. The van der Waals surface area contributed by atoms with Crippen molar-refractivity contribution >= 4 is 6.09 Å². The molecular weight excluding hydrogens is 308 g/mol. The van der Waals surface area contributed by atoms with Crippen LogP contribution in [0.4, 0.5) is 4.79 Å². The van der Waals surface area contributed by atoms with E-state index in [1.807, 2.05) is 43.6 Å². The van der Waals surface area contributed by atoms with Crippen LogP contribution in [0.1, 0.15) is 33.6 Å². The molecule has 0 spiro atoms. The van der Waals surface area contributed by atoms with Crippen molar-refractivity contribution in [3.05, 3.63) is 36.0 Å². The van der Waals surface area contributed by atoms with Gasteiger partial charge in [-0.25, -0.2) is 10.6 Å². The summed E-state index contributed by atoms with van der Waals surface area (Å²) in [4.78, 5) is 11.6. The number of hydrazine groups is 1. The average Bonchev–Trinajstić information content (AvgIpc) is 2.58. The third-order valence-corrected chi connectivity index (χ3v) is 3.98. The number of ether oxygens (including phenoxy) is 3.